The lowest BCUT2D eigenvalue weighted by Crippen LogP contribution is -2.53. The van der Waals surface area contributed by atoms with Gasteiger partial charge in [0.05, 0.1) is 11.7 Å². The minimum absolute atomic E-state index is 0.00811. The molecular weight excluding hydrogens is 260 g/mol. The Labute approximate surface area is 128 Å². The molecule has 1 aromatic carbocycles. The minimum Gasteiger partial charge on any atom is -0.390 e. The zero-order valence-electron chi connectivity index (χ0n) is 13.7. The van der Waals surface area contributed by atoms with E-state index in [1.165, 1.54) is 11.1 Å². The average Bonchev–Trinajstić information content (AvgIpc) is 2.41. The van der Waals surface area contributed by atoms with Gasteiger partial charge in [-0.15, -0.1) is 0 Å². The lowest BCUT2D eigenvalue weighted by Gasteiger charge is -2.54. The van der Waals surface area contributed by atoms with Gasteiger partial charge in [0, 0.05) is 0 Å². The molecule has 0 bridgehead atoms. The van der Waals surface area contributed by atoms with Crippen LogP contribution in [-0.2, 0) is 5.41 Å². The van der Waals surface area contributed by atoms with Crippen LogP contribution in [0.1, 0.15) is 82.1 Å². The Morgan fingerprint density at radius 3 is 2.57 bits per heavy atom. The van der Waals surface area contributed by atoms with Crippen molar-refractivity contribution in [2.45, 2.75) is 76.4 Å². The summed E-state index contributed by atoms with van der Waals surface area (Å²) < 4.78 is 0. The highest BCUT2D eigenvalue weighted by molar-refractivity contribution is 5.43. The molecule has 1 saturated carbocycles. The molecule has 0 radical (unpaired) electrons. The molecule has 1 fully saturated rings. The molecule has 1 aromatic rings. The van der Waals surface area contributed by atoms with Crippen molar-refractivity contribution in [2.24, 2.45) is 5.92 Å². The van der Waals surface area contributed by atoms with E-state index in [4.69, 9.17) is 0 Å². The van der Waals surface area contributed by atoms with Crippen molar-refractivity contribution in [3.63, 3.8) is 0 Å². The summed E-state index contributed by atoms with van der Waals surface area (Å²) in [6.07, 6.45) is 3.24. The van der Waals surface area contributed by atoms with Crippen molar-refractivity contribution in [1.29, 1.82) is 0 Å². The third-order valence-electron chi connectivity index (χ3n) is 6.07. The Morgan fingerprint density at radius 2 is 1.90 bits per heavy atom. The maximum absolute atomic E-state index is 10.8. The third kappa shape index (κ3) is 2.24. The van der Waals surface area contributed by atoms with E-state index in [0.29, 0.717) is 12.3 Å². The number of aliphatic hydroxyl groups is 2. The topological polar surface area (TPSA) is 40.5 Å². The van der Waals surface area contributed by atoms with Crippen LogP contribution in [0.3, 0.4) is 0 Å². The normalized spacial score (nSPS) is 39.0. The third-order valence-corrected chi connectivity index (χ3v) is 6.07. The largest absolute Gasteiger partial charge is 0.390 e. The Kier molecular flexibility index (Phi) is 3.46. The number of aliphatic hydroxyl groups excluding tert-OH is 1. The molecule has 2 aliphatic rings. The summed E-state index contributed by atoms with van der Waals surface area (Å²) in [4.78, 5) is 0. The van der Waals surface area contributed by atoms with Crippen LogP contribution in [-0.4, -0.2) is 15.8 Å². The van der Waals surface area contributed by atoms with Gasteiger partial charge in [0.1, 0.15) is 0 Å². The quantitative estimate of drug-likeness (QED) is 0.818. The fourth-order valence-electron chi connectivity index (χ4n) is 4.77. The maximum Gasteiger partial charge on any atom is 0.0797 e. The lowest BCUT2D eigenvalue weighted by atomic mass is 9.53. The number of rotatable bonds is 1. The number of hydrogen-bond donors (Lipinski definition) is 2. The summed E-state index contributed by atoms with van der Waals surface area (Å²) in [5.41, 5.74) is 2.97. The Hall–Kier alpha value is -0.860. The van der Waals surface area contributed by atoms with Gasteiger partial charge in [-0.25, -0.2) is 0 Å². The zero-order valence-corrected chi connectivity index (χ0v) is 13.7. The summed E-state index contributed by atoms with van der Waals surface area (Å²) in [6.45, 7) is 8.61. The van der Waals surface area contributed by atoms with E-state index >= 15 is 0 Å². The first kappa shape index (κ1) is 15.1. The van der Waals surface area contributed by atoms with E-state index in [-0.39, 0.29) is 11.3 Å². The van der Waals surface area contributed by atoms with Crippen LogP contribution in [0.2, 0.25) is 0 Å². The average molecular weight is 288 g/mol. The molecule has 2 N–H and O–H groups in total. The first-order valence-electron chi connectivity index (χ1n) is 8.30. The molecule has 0 aliphatic heterocycles. The van der Waals surface area contributed by atoms with Gasteiger partial charge < -0.3 is 10.2 Å². The number of hydrogen-bond acceptors (Lipinski definition) is 2. The molecule has 116 valence electrons. The molecule has 4 atom stereocenters. The maximum atomic E-state index is 10.8. The van der Waals surface area contributed by atoms with E-state index < -0.39 is 11.7 Å². The van der Waals surface area contributed by atoms with E-state index in [2.05, 4.69) is 39.0 Å². The predicted molar refractivity (Wildman–Crippen MR) is 85.4 cm³/mol. The van der Waals surface area contributed by atoms with Crippen molar-refractivity contribution in [3.8, 4) is 0 Å². The SMILES string of the molecule is CC(C)c1ccc2c(c1)[C@@H](O)C[C@H]1[C@](C)(O)CCC[C@]21C. The van der Waals surface area contributed by atoms with Crippen LogP contribution >= 0.6 is 0 Å². The molecule has 0 unspecified atom stereocenters. The molecule has 0 heterocycles. The first-order valence-corrected chi connectivity index (χ1v) is 8.30. The van der Waals surface area contributed by atoms with E-state index in [9.17, 15) is 10.2 Å². The Morgan fingerprint density at radius 1 is 1.19 bits per heavy atom. The van der Waals surface area contributed by atoms with Gasteiger partial charge in [-0.1, -0.05) is 39.0 Å². The van der Waals surface area contributed by atoms with Crippen LogP contribution in [0.15, 0.2) is 18.2 Å². The fourth-order valence-corrected chi connectivity index (χ4v) is 4.77. The molecule has 3 rings (SSSR count). The Bertz CT molecular complexity index is 546. The Balaban J connectivity index is 2.12. The number of fused-ring (bicyclic) bond motifs is 3. The highest BCUT2D eigenvalue weighted by Gasteiger charge is 2.52. The highest BCUT2D eigenvalue weighted by atomic mass is 16.3. The second-order valence-electron chi connectivity index (χ2n) is 7.93. The smallest absolute Gasteiger partial charge is 0.0797 e. The van der Waals surface area contributed by atoms with Crippen LogP contribution in [0.5, 0.6) is 0 Å². The molecular formula is C19H28O2. The standard InChI is InChI=1S/C19H28O2/c1-12(2)13-6-7-15-14(10-13)16(20)11-17-18(15,3)8-5-9-19(17,4)21/h6-7,10,12,16-17,20-21H,5,8-9,11H2,1-4H3/t16-,17+,18+,19+/m0/s1. The van der Waals surface area contributed by atoms with Crippen molar-refractivity contribution >= 4 is 0 Å². The summed E-state index contributed by atoms with van der Waals surface area (Å²) in [7, 11) is 0. The fraction of sp³-hybridized carbons (Fsp3) is 0.684. The molecule has 0 saturated heterocycles. The van der Waals surface area contributed by atoms with Gasteiger partial charge in [0.2, 0.25) is 0 Å². The monoisotopic (exact) mass is 288 g/mol. The van der Waals surface area contributed by atoms with Gasteiger partial charge in [0.15, 0.2) is 0 Å². The van der Waals surface area contributed by atoms with Crippen LogP contribution in [0.25, 0.3) is 0 Å². The van der Waals surface area contributed by atoms with Crippen molar-refractivity contribution in [3.05, 3.63) is 34.9 Å². The summed E-state index contributed by atoms with van der Waals surface area (Å²) in [6, 6.07) is 6.60. The zero-order chi connectivity index (χ0) is 15.4. The first-order chi connectivity index (χ1) is 9.75. The lowest BCUT2D eigenvalue weighted by molar-refractivity contribution is -0.0931. The van der Waals surface area contributed by atoms with Gasteiger partial charge in [0.25, 0.3) is 0 Å². The van der Waals surface area contributed by atoms with Crippen molar-refractivity contribution in [1.82, 2.24) is 0 Å². The van der Waals surface area contributed by atoms with Crippen molar-refractivity contribution in [2.75, 3.05) is 0 Å². The van der Waals surface area contributed by atoms with Gasteiger partial charge in [-0.05, 0) is 66.5 Å². The molecule has 2 nitrogen and oxygen atoms in total. The van der Waals surface area contributed by atoms with Gasteiger partial charge in [-0.2, -0.15) is 0 Å². The van der Waals surface area contributed by atoms with Gasteiger partial charge >= 0.3 is 0 Å². The minimum atomic E-state index is -0.664. The summed E-state index contributed by atoms with van der Waals surface area (Å²) in [5, 5.41) is 21.5. The van der Waals surface area contributed by atoms with Crippen molar-refractivity contribution < 1.29 is 10.2 Å². The second-order valence-corrected chi connectivity index (χ2v) is 7.93. The molecule has 0 spiro atoms. The van der Waals surface area contributed by atoms with E-state index in [1.54, 1.807) is 0 Å². The van der Waals surface area contributed by atoms with Crippen LogP contribution < -0.4 is 0 Å². The van der Waals surface area contributed by atoms with E-state index in [1.807, 2.05) is 6.92 Å². The predicted octanol–water partition coefficient (Wildman–Crippen LogP) is 4.06. The van der Waals surface area contributed by atoms with Crippen LogP contribution in [0, 0.1) is 5.92 Å². The highest BCUT2D eigenvalue weighted by Crippen LogP contribution is 2.56. The second kappa shape index (κ2) is 4.82. The molecule has 0 amide bonds. The molecule has 0 aromatic heterocycles. The van der Waals surface area contributed by atoms with Crippen LogP contribution in [0.4, 0.5) is 0 Å². The molecule has 21 heavy (non-hydrogen) atoms. The molecule has 2 heteroatoms. The van der Waals surface area contributed by atoms with E-state index in [0.717, 1.165) is 24.8 Å². The van der Waals surface area contributed by atoms with Gasteiger partial charge in [-0.3, -0.25) is 0 Å². The summed E-state index contributed by atoms with van der Waals surface area (Å²) >= 11 is 0. The number of benzene rings is 1. The molecule has 2 aliphatic carbocycles. The summed E-state index contributed by atoms with van der Waals surface area (Å²) in [5.74, 6) is 0.619.